The summed E-state index contributed by atoms with van der Waals surface area (Å²) in [6, 6.07) is 10.1. The first-order valence-electron chi connectivity index (χ1n) is 5.97. The Morgan fingerprint density at radius 3 is 2.71 bits per heavy atom. The highest BCUT2D eigenvalue weighted by Crippen LogP contribution is 2.13. The van der Waals surface area contributed by atoms with E-state index in [-0.39, 0.29) is 18.6 Å². The van der Waals surface area contributed by atoms with Crippen LogP contribution >= 0.6 is 0 Å². The van der Waals surface area contributed by atoms with Gasteiger partial charge in [-0.1, -0.05) is 30.3 Å². The maximum absolute atomic E-state index is 11.6. The molecule has 1 heterocycles. The zero-order valence-corrected chi connectivity index (χ0v) is 9.80. The van der Waals surface area contributed by atoms with E-state index in [1.165, 1.54) is 5.56 Å². The smallest absolute Gasteiger partial charge is 0.317 e. The van der Waals surface area contributed by atoms with Crippen molar-refractivity contribution in [3.63, 3.8) is 0 Å². The summed E-state index contributed by atoms with van der Waals surface area (Å²) in [7, 11) is 0. The normalized spacial score (nSPS) is 15.5. The van der Waals surface area contributed by atoms with Crippen LogP contribution in [-0.2, 0) is 6.42 Å². The second kappa shape index (κ2) is 5.68. The van der Waals surface area contributed by atoms with Gasteiger partial charge in [-0.25, -0.2) is 4.79 Å². The zero-order chi connectivity index (χ0) is 12.1. The number of urea groups is 1. The summed E-state index contributed by atoms with van der Waals surface area (Å²) < 4.78 is 0. The van der Waals surface area contributed by atoms with Crippen molar-refractivity contribution in [3.8, 4) is 0 Å². The van der Waals surface area contributed by atoms with E-state index in [0.717, 1.165) is 6.42 Å². The Kier molecular flexibility index (Phi) is 3.98. The third-order valence-electron chi connectivity index (χ3n) is 3.04. The number of aliphatic hydroxyl groups is 1. The Bertz CT molecular complexity index is 361. The van der Waals surface area contributed by atoms with Gasteiger partial charge in [-0.3, -0.25) is 0 Å². The minimum Gasteiger partial charge on any atom is -0.396 e. The molecule has 2 N–H and O–H groups in total. The molecular formula is C13H18N2O2. The fourth-order valence-corrected chi connectivity index (χ4v) is 1.92. The molecule has 1 aliphatic heterocycles. The van der Waals surface area contributed by atoms with E-state index in [1.54, 1.807) is 4.90 Å². The van der Waals surface area contributed by atoms with Crippen molar-refractivity contribution in [2.75, 3.05) is 26.2 Å². The van der Waals surface area contributed by atoms with E-state index in [2.05, 4.69) is 17.4 Å². The number of carbonyl (C=O) groups is 1. The molecular weight excluding hydrogens is 216 g/mol. The molecule has 2 rings (SSSR count). The first kappa shape index (κ1) is 11.9. The summed E-state index contributed by atoms with van der Waals surface area (Å²) in [4.78, 5) is 13.3. The molecule has 0 bridgehead atoms. The average molecular weight is 234 g/mol. The van der Waals surface area contributed by atoms with Gasteiger partial charge in [-0.2, -0.15) is 0 Å². The van der Waals surface area contributed by atoms with Crippen molar-refractivity contribution >= 4 is 6.03 Å². The minimum atomic E-state index is -0.0226. The van der Waals surface area contributed by atoms with Crippen LogP contribution in [0, 0.1) is 5.92 Å². The van der Waals surface area contributed by atoms with Gasteiger partial charge in [-0.15, -0.1) is 0 Å². The van der Waals surface area contributed by atoms with Crippen LogP contribution in [0.5, 0.6) is 0 Å². The van der Waals surface area contributed by atoms with Gasteiger partial charge in [0.25, 0.3) is 0 Å². The molecule has 0 saturated carbocycles. The molecule has 92 valence electrons. The maximum Gasteiger partial charge on any atom is 0.317 e. The van der Waals surface area contributed by atoms with Gasteiger partial charge >= 0.3 is 6.03 Å². The topological polar surface area (TPSA) is 52.6 Å². The van der Waals surface area contributed by atoms with Crippen molar-refractivity contribution < 1.29 is 9.90 Å². The lowest BCUT2D eigenvalue weighted by atomic mass is 10.0. The minimum absolute atomic E-state index is 0.0226. The molecule has 4 nitrogen and oxygen atoms in total. The lowest BCUT2D eigenvalue weighted by molar-refractivity contribution is 0.0778. The van der Waals surface area contributed by atoms with E-state index < -0.39 is 0 Å². The quantitative estimate of drug-likeness (QED) is 0.812. The SMILES string of the molecule is O=C(NCCc1ccccc1)N1CC(CO)C1. The molecule has 0 radical (unpaired) electrons. The largest absolute Gasteiger partial charge is 0.396 e. The Labute approximate surface area is 101 Å². The monoisotopic (exact) mass is 234 g/mol. The van der Waals surface area contributed by atoms with Gasteiger partial charge in [0.1, 0.15) is 0 Å². The molecule has 0 unspecified atom stereocenters. The summed E-state index contributed by atoms with van der Waals surface area (Å²) >= 11 is 0. The lowest BCUT2D eigenvalue weighted by Crippen LogP contribution is -2.55. The number of hydrogen-bond donors (Lipinski definition) is 2. The third-order valence-corrected chi connectivity index (χ3v) is 3.04. The van der Waals surface area contributed by atoms with E-state index in [1.807, 2.05) is 18.2 Å². The molecule has 1 saturated heterocycles. The Balaban J connectivity index is 1.64. The number of likely N-dealkylation sites (tertiary alicyclic amines) is 1. The van der Waals surface area contributed by atoms with Crippen LogP contribution in [0.3, 0.4) is 0 Å². The highest BCUT2D eigenvalue weighted by Gasteiger charge is 2.29. The molecule has 0 aliphatic carbocycles. The van der Waals surface area contributed by atoms with Crippen LogP contribution in [0.25, 0.3) is 0 Å². The molecule has 1 aromatic rings. The summed E-state index contributed by atoms with van der Waals surface area (Å²) in [5, 5.41) is 11.7. The first-order valence-corrected chi connectivity index (χ1v) is 5.97. The van der Waals surface area contributed by atoms with Gasteiger partial charge in [0.2, 0.25) is 0 Å². The molecule has 17 heavy (non-hydrogen) atoms. The number of carbonyl (C=O) groups excluding carboxylic acids is 1. The summed E-state index contributed by atoms with van der Waals surface area (Å²) in [6.45, 7) is 2.18. The summed E-state index contributed by atoms with van der Waals surface area (Å²) in [5.74, 6) is 0.273. The van der Waals surface area contributed by atoms with E-state index in [4.69, 9.17) is 5.11 Å². The highest BCUT2D eigenvalue weighted by molar-refractivity contribution is 5.75. The van der Waals surface area contributed by atoms with Crippen molar-refractivity contribution in [2.45, 2.75) is 6.42 Å². The van der Waals surface area contributed by atoms with Crippen molar-refractivity contribution in [2.24, 2.45) is 5.92 Å². The second-order valence-electron chi connectivity index (χ2n) is 4.42. The van der Waals surface area contributed by atoms with Gasteiger partial charge < -0.3 is 15.3 Å². The number of aliphatic hydroxyl groups excluding tert-OH is 1. The van der Waals surface area contributed by atoms with Crippen LogP contribution in [0.1, 0.15) is 5.56 Å². The third kappa shape index (κ3) is 3.20. The molecule has 0 spiro atoms. The van der Waals surface area contributed by atoms with Gasteiger partial charge in [0, 0.05) is 32.2 Å². The Morgan fingerprint density at radius 1 is 1.35 bits per heavy atom. The van der Waals surface area contributed by atoms with E-state index >= 15 is 0 Å². The molecule has 2 amide bonds. The highest BCUT2D eigenvalue weighted by atomic mass is 16.3. The number of nitrogens with zero attached hydrogens (tertiary/aromatic N) is 1. The van der Waals surface area contributed by atoms with Crippen molar-refractivity contribution in [1.29, 1.82) is 0 Å². The predicted octanol–water partition coefficient (Wildman–Crippen LogP) is 0.863. The van der Waals surface area contributed by atoms with Crippen molar-refractivity contribution in [3.05, 3.63) is 35.9 Å². The number of benzene rings is 1. The fraction of sp³-hybridized carbons (Fsp3) is 0.462. The maximum atomic E-state index is 11.6. The number of rotatable bonds is 4. The zero-order valence-electron chi connectivity index (χ0n) is 9.80. The van der Waals surface area contributed by atoms with Crippen molar-refractivity contribution in [1.82, 2.24) is 10.2 Å². The molecule has 4 heteroatoms. The molecule has 0 atom stereocenters. The van der Waals surface area contributed by atoms with E-state index in [0.29, 0.717) is 19.6 Å². The van der Waals surface area contributed by atoms with Gasteiger partial charge in [0.15, 0.2) is 0 Å². The Hall–Kier alpha value is -1.55. The number of nitrogens with one attached hydrogen (secondary N) is 1. The number of amides is 2. The first-order chi connectivity index (χ1) is 8.29. The van der Waals surface area contributed by atoms with Crippen LogP contribution in [0.2, 0.25) is 0 Å². The average Bonchev–Trinajstić information content (AvgIpc) is 2.29. The lowest BCUT2D eigenvalue weighted by Gasteiger charge is -2.38. The molecule has 0 aromatic heterocycles. The second-order valence-corrected chi connectivity index (χ2v) is 4.42. The van der Waals surface area contributed by atoms with Crippen LogP contribution in [-0.4, -0.2) is 42.3 Å². The van der Waals surface area contributed by atoms with Gasteiger partial charge in [0.05, 0.1) is 0 Å². The standard InChI is InChI=1S/C13H18N2O2/c16-10-12-8-15(9-12)13(17)14-7-6-11-4-2-1-3-5-11/h1-5,12,16H,6-10H2,(H,14,17). The van der Waals surface area contributed by atoms with E-state index in [9.17, 15) is 4.79 Å². The summed E-state index contributed by atoms with van der Waals surface area (Å²) in [5.41, 5.74) is 1.23. The summed E-state index contributed by atoms with van der Waals surface area (Å²) in [6.07, 6.45) is 0.851. The van der Waals surface area contributed by atoms with Crippen LogP contribution < -0.4 is 5.32 Å². The molecule has 1 aliphatic rings. The fourth-order valence-electron chi connectivity index (χ4n) is 1.92. The molecule has 1 aromatic carbocycles. The van der Waals surface area contributed by atoms with Crippen LogP contribution in [0.15, 0.2) is 30.3 Å². The predicted molar refractivity (Wildman–Crippen MR) is 65.7 cm³/mol. The molecule has 1 fully saturated rings. The Morgan fingerprint density at radius 2 is 2.06 bits per heavy atom. The number of hydrogen-bond acceptors (Lipinski definition) is 2. The van der Waals surface area contributed by atoms with Gasteiger partial charge in [-0.05, 0) is 12.0 Å². The van der Waals surface area contributed by atoms with Crippen LogP contribution in [0.4, 0.5) is 4.79 Å².